The number of hydrogen-bond acceptors (Lipinski definition) is 9. The number of aromatic hydroxyl groups is 1. The Balaban J connectivity index is 1.75. The maximum atomic E-state index is 15.4. The zero-order valence-electron chi connectivity index (χ0n) is 19.8. The highest BCUT2D eigenvalue weighted by Crippen LogP contribution is 2.42. The van der Waals surface area contributed by atoms with E-state index in [-0.39, 0.29) is 18.5 Å². The maximum Gasteiger partial charge on any atom is 0.332 e. The Bertz CT molecular complexity index is 1150. The quantitative estimate of drug-likeness (QED) is 0.334. The molecule has 0 radical (unpaired) electrons. The van der Waals surface area contributed by atoms with Crippen LogP contribution in [-0.4, -0.2) is 62.4 Å². The molecule has 6 atom stereocenters. The Kier molecular flexibility index (Phi) is 8.32. The van der Waals surface area contributed by atoms with E-state index in [2.05, 4.69) is 0 Å². The number of aliphatic hydroxyl groups is 1. The fraction of sp³-hybridized carbons (Fsp3) is 0.500. The van der Waals surface area contributed by atoms with Gasteiger partial charge in [-0.3, -0.25) is 14.3 Å². The molecule has 0 spiro atoms. The molecule has 0 aliphatic carbocycles. The molecule has 1 aromatic carbocycles. The molecule has 1 aromatic heterocycles. The number of aliphatic hydroxyl groups excluding tert-OH is 1. The van der Waals surface area contributed by atoms with Crippen LogP contribution in [-0.2, 0) is 18.8 Å². The van der Waals surface area contributed by atoms with E-state index in [1.54, 1.807) is 43.6 Å². The van der Waals surface area contributed by atoms with Crippen LogP contribution in [0.1, 0.15) is 33.9 Å². The van der Waals surface area contributed by atoms with Gasteiger partial charge in [-0.15, -0.1) is 0 Å². The minimum absolute atomic E-state index is 0.0706. The number of esters is 1. The number of aromatic nitrogens is 2. The summed E-state index contributed by atoms with van der Waals surface area (Å²) < 4.78 is 34.4. The number of phenols is 1. The molecule has 2 aromatic rings. The number of nitrogens with one attached hydrogen (secondary N) is 1. The van der Waals surface area contributed by atoms with E-state index in [4.69, 9.17) is 14.0 Å². The highest BCUT2D eigenvalue weighted by Gasteiger charge is 2.55. The van der Waals surface area contributed by atoms with E-state index < -0.39 is 56.3 Å². The Morgan fingerprint density at radius 3 is 2.63 bits per heavy atom. The first-order valence-corrected chi connectivity index (χ1v) is 12.0. The summed E-state index contributed by atoms with van der Waals surface area (Å²) in [5.74, 6) is -0.593. The molecule has 0 bridgehead atoms. The van der Waals surface area contributed by atoms with Crippen LogP contribution < -0.4 is 15.9 Å². The van der Waals surface area contributed by atoms with Gasteiger partial charge in [-0.05, 0) is 39.8 Å². The number of carbonyl (C=O) groups excluding carboxylic acids is 1. The summed E-state index contributed by atoms with van der Waals surface area (Å²) in [5.41, 5.74) is -3.55. The number of para-hydroxylation sites is 2. The molecule has 1 aliphatic rings. The fourth-order valence-electron chi connectivity index (χ4n) is 3.66. The third kappa shape index (κ3) is 5.90. The van der Waals surface area contributed by atoms with Gasteiger partial charge in [-0.1, -0.05) is 12.1 Å². The van der Waals surface area contributed by atoms with Crippen molar-refractivity contribution in [3.8, 4) is 5.75 Å². The van der Waals surface area contributed by atoms with Crippen LogP contribution in [0.25, 0.3) is 0 Å². The standard InChI is InChI=1S/C22H29FN3O8P/c1-12(2)33-19(30)13(3)26(14-7-5-6-8-15(14)27)35-32-11-16-18(29)22(4,23)20(34-16)25-10-9-17(28)24-21(25)31/h5-10,12-13,16,18,20,27,29,35H,11H2,1-4H3,(H,24,28,31)/p+1. The van der Waals surface area contributed by atoms with Crippen molar-refractivity contribution in [3.63, 3.8) is 0 Å². The average Bonchev–Trinajstić information content (AvgIpc) is 3.00. The number of phenolic OH excluding ortho intramolecular Hbond substituents is 1. The lowest BCUT2D eigenvalue weighted by Crippen LogP contribution is -2.43. The molecular weight excluding hydrogens is 484 g/mol. The minimum atomic E-state index is -2.36. The molecule has 0 amide bonds. The molecular formula is C22H30FN3O8P+. The zero-order valence-corrected chi connectivity index (χ0v) is 20.9. The van der Waals surface area contributed by atoms with Crippen molar-refractivity contribution in [2.45, 2.75) is 63.9 Å². The lowest BCUT2D eigenvalue weighted by molar-refractivity contribution is -0.148. The molecule has 1 aliphatic heterocycles. The van der Waals surface area contributed by atoms with Crippen LogP contribution in [0.3, 0.4) is 0 Å². The van der Waals surface area contributed by atoms with Crippen molar-refractivity contribution in [1.29, 1.82) is 0 Å². The smallest absolute Gasteiger partial charge is 0.332 e. The number of carbonyl (C=O) groups is 1. The predicted octanol–water partition coefficient (Wildman–Crippen LogP) is 1.33. The first-order valence-electron chi connectivity index (χ1n) is 11.0. The molecule has 6 unspecified atom stereocenters. The molecule has 35 heavy (non-hydrogen) atoms. The van der Waals surface area contributed by atoms with Crippen LogP contribution in [0.4, 0.5) is 10.1 Å². The number of ether oxygens (including phenoxy) is 2. The number of benzene rings is 1. The number of aromatic amines is 1. The average molecular weight is 514 g/mol. The van der Waals surface area contributed by atoms with E-state index in [1.807, 2.05) is 4.98 Å². The van der Waals surface area contributed by atoms with Crippen molar-refractivity contribution >= 4 is 20.6 Å². The highest BCUT2D eigenvalue weighted by atomic mass is 31.1. The lowest BCUT2D eigenvalue weighted by Gasteiger charge is -2.25. The first-order chi connectivity index (χ1) is 16.4. The summed E-state index contributed by atoms with van der Waals surface area (Å²) >= 11 is 0. The number of anilines is 1. The van der Waals surface area contributed by atoms with Crippen LogP contribution in [0, 0.1) is 0 Å². The van der Waals surface area contributed by atoms with Gasteiger partial charge in [-0.25, -0.2) is 23.2 Å². The van der Waals surface area contributed by atoms with Crippen molar-refractivity contribution in [2.75, 3.05) is 11.3 Å². The van der Waals surface area contributed by atoms with E-state index in [0.717, 1.165) is 23.8 Å². The third-order valence-corrected chi connectivity index (χ3v) is 6.83. The lowest BCUT2D eigenvalue weighted by atomic mass is 9.98. The normalized spacial score (nSPS) is 25.3. The predicted molar refractivity (Wildman–Crippen MR) is 128 cm³/mol. The Morgan fingerprint density at radius 1 is 1.31 bits per heavy atom. The first kappa shape index (κ1) is 26.8. The van der Waals surface area contributed by atoms with Crippen LogP contribution in [0.5, 0.6) is 5.75 Å². The second-order valence-electron chi connectivity index (χ2n) is 8.64. The summed E-state index contributed by atoms with van der Waals surface area (Å²) in [4.78, 5) is 38.0. The van der Waals surface area contributed by atoms with Gasteiger partial charge in [0.25, 0.3) is 5.56 Å². The van der Waals surface area contributed by atoms with Gasteiger partial charge in [0, 0.05) is 12.3 Å². The van der Waals surface area contributed by atoms with Gasteiger partial charge in [0.1, 0.15) is 30.3 Å². The van der Waals surface area contributed by atoms with E-state index in [1.165, 1.54) is 6.07 Å². The number of H-pyrrole nitrogens is 1. The van der Waals surface area contributed by atoms with Crippen molar-refractivity contribution < 1.29 is 33.4 Å². The number of halogens is 1. The summed E-state index contributed by atoms with van der Waals surface area (Å²) in [5, 5.41) is 20.8. The van der Waals surface area contributed by atoms with Gasteiger partial charge in [0.15, 0.2) is 17.9 Å². The van der Waals surface area contributed by atoms with Gasteiger partial charge in [-0.2, -0.15) is 0 Å². The fourth-order valence-corrected chi connectivity index (χ4v) is 4.74. The van der Waals surface area contributed by atoms with Gasteiger partial charge >= 0.3 is 11.7 Å². The molecule has 3 N–H and O–H groups in total. The van der Waals surface area contributed by atoms with E-state index in [0.29, 0.717) is 5.69 Å². The SMILES string of the molecule is CC(C)OC(=O)C(C)N([PH2+]OCC1OC(n2ccc(=O)[nH]c2=O)C(C)(F)C1O)c1ccccc1O. The molecule has 3 rings (SSSR count). The molecule has 0 saturated carbocycles. The Hall–Kier alpha value is -2.79. The van der Waals surface area contributed by atoms with Crippen LogP contribution in [0.2, 0.25) is 0 Å². The summed E-state index contributed by atoms with van der Waals surface area (Å²) in [7, 11) is -1.15. The summed E-state index contributed by atoms with van der Waals surface area (Å²) in [6.07, 6.45) is -3.55. The van der Waals surface area contributed by atoms with Crippen LogP contribution >= 0.6 is 8.96 Å². The maximum absolute atomic E-state index is 15.4. The molecule has 1 fully saturated rings. The zero-order chi connectivity index (χ0) is 25.9. The van der Waals surface area contributed by atoms with Gasteiger partial charge < -0.3 is 19.7 Å². The highest BCUT2D eigenvalue weighted by molar-refractivity contribution is 7.34. The minimum Gasteiger partial charge on any atom is -0.506 e. The van der Waals surface area contributed by atoms with E-state index >= 15 is 4.39 Å². The Morgan fingerprint density at radius 2 is 2.00 bits per heavy atom. The second kappa shape index (κ2) is 10.9. The van der Waals surface area contributed by atoms with Crippen molar-refractivity contribution in [1.82, 2.24) is 9.55 Å². The molecule has 1 saturated heterocycles. The summed E-state index contributed by atoms with van der Waals surface area (Å²) in [6.45, 7) is 5.86. The molecule has 13 heteroatoms. The largest absolute Gasteiger partial charge is 0.506 e. The van der Waals surface area contributed by atoms with Crippen molar-refractivity contribution in [3.05, 3.63) is 57.4 Å². The summed E-state index contributed by atoms with van der Waals surface area (Å²) in [6, 6.07) is 6.63. The van der Waals surface area contributed by atoms with Gasteiger partial charge in [0.2, 0.25) is 8.96 Å². The number of rotatable bonds is 9. The van der Waals surface area contributed by atoms with Crippen molar-refractivity contribution in [2.24, 2.45) is 0 Å². The third-order valence-electron chi connectivity index (χ3n) is 5.54. The Labute approximate surface area is 202 Å². The molecule has 11 nitrogen and oxygen atoms in total. The van der Waals surface area contributed by atoms with E-state index in [9.17, 15) is 24.6 Å². The molecule has 2 heterocycles. The monoisotopic (exact) mass is 514 g/mol. The number of nitrogens with zero attached hydrogens (tertiary/aromatic N) is 2. The van der Waals surface area contributed by atoms with Gasteiger partial charge in [0.05, 0.1) is 6.10 Å². The number of hydrogen-bond donors (Lipinski definition) is 3. The number of alkyl halides is 1. The topological polar surface area (TPSA) is 143 Å². The van der Waals surface area contributed by atoms with Crippen LogP contribution in [0.15, 0.2) is 46.1 Å². The second-order valence-corrected chi connectivity index (χ2v) is 9.74. The molecule has 192 valence electrons.